The topological polar surface area (TPSA) is 85.3 Å². The fourth-order valence-corrected chi connectivity index (χ4v) is 2.68. The van der Waals surface area contributed by atoms with Crippen molar-refractivity contribution in [2.24, 2.45) is 0 Å². The predicted octanol–water partition coefficient (Wildman–Crippen LogP) is 3.12. The number of para-hydroxylation sites is 1. The summed E-state index contributed by atoms with van der Waals surface area (Å²) >= 11 is 6.15. The highest BCUT2D eigenvalue weighted by Crippen LogP contribution is 2.33. The molecule has 8 heteroatoms. The Kier molecular flexibility index (Phi) is 6.63. The second-order valence-electron chi connectivity index (χ2n) is 6.14. The van der Waals surface area contributed by atoms with Crippen molar-refractivity contribution < 1.29 is 9.53 Å². The van der Waals surface area contributed by atoms with Crippen LogP contribution in [0.25, 0.3) is 0 Å². The quantitative estimate of drug-likeness (QED) is 0.808. The number of hydrogen-bond donors (Lipinski definition) is 2. The number of rotatable bonds is 6. The minimum Gasteiger partial charge on any atom is -0.487 e. The van der Waals surface area contributed by atoms with Crippen molar-refractivity contribution in [1.82, 2.24) is 14.9 Å². The Morgan fingerprint density at radius 1 is 1.35 bits per heavy atom. The molecule has 0 saturated carbocycles. The van der Waals surface area contributed by atoms with Crippen LogP contribution in [0.5, 0.6) is 5.75 Å². The van der Waals surface area contributed by atoms with E-state index in [1.165, 1.54) is 4.57 Å². The molecule has 0 aliphatic carbocycles. The van der Waals surface area contributed by atoms with Crippen molar-refractivity contribution in [1.29, 1.82) is 0 Å². The van der Waals surface area contributed by atoms with Crippen LogP contribution in [-0.2, 0) is 6.54 Å². The summed E-state index contributed by atoms with van der Waals surface area (Å²) in [6.45, 7) is 7.96. The third kappa shape index (κ3) is 5.23. The van der Waals surface area contributed by atoms with E-state index in [1.54, 1.807) is 25.1 Å². The van der Waals surface area contributed by atoms with Gasteiger partial charge in [0.2, 0.25) is 0 Å². The van der Waals surface area contributed by atoms with E-state index in [1.807, 2.05) is 26.8 Å². The number of aryl methyl sites for hydroxylation is 2. The van der Waals surface area contributed by atoms with Gasteiger partial charge < -0.3 is 15.4 Å². The fourth-order valence-electron chi connectivity index (χ4n) is 2.46. The van der Waals surface area contributed by atoms with Gasteiger partial charge in [0, 0.05) is 24.5 Å². The largest absolute Gasteiger partial charge is 0.487 e. The second kappa shape index (κ2) is 8.71. The Morgan fingerprint density at radius 3 is 2.73 bits per heavy atom. The van der Waals surface area contributed by atoms with E-state index >= 15 is 0 Å². The molecule has 0 saturated heterocycles. The standard InChI is InChI=1S/C18H23ClN4O3/c1-11(2)26-16-14(19)6-5-7-15(16)22-17(24)20-8-9-23-13(4)10-12(3)21-18(23)25/h5-7,10-11H,8-9H2,1-4H3,(H2,20,22,24). The highest BCUT2D eigenvalue weighted by molar-refractivity contribution is 6.32. The third-order valence-corrected chi connectivity index (χ3v) is 3.83. The van der Waals surface area contributed by atoms with Crippen LogP contribution in [0.3, 0.4) is 0 Å². The van der Waals surface area contributed by atoms with Crippen molar-refractivity contribution in [3.63, 3.8) is 0 Å². The number of amides is 2. The highest BCUT2D eigenvalue weighted by atomic mass is 35.5. The predicted molar refractivity (Wildman–Crippen MR) is 102 cm³/mol. The average Bonchev–Trinajstić information content (AvgIpc) is 2.53. The minimum absolute atomic E-state index is 0.0811. The fraction of sp³-hybridized carbons (Fsp3) is 0.389. The Hall–Kier alpha value is -2.54. The first-order valence-electron chi connectivity index (χ1n) is 8.33. The zero-order valence-corrected chi connectivity index (χ0v) is 16.1. The SMILES string of the molecule is Cc1cc(C)n(CCNC(=O)Nc2cccc(Cl)c2OC(C)C)c(=O)n1. The summed E-state index contributed by atoms with van der Waals surface area (Å²) < 4.78 is 7.18. The molecule has 1 heterocycles. The number of halogens is 1. The van der Waals surface area contributed by atoms with Gasteiger partial charge in [0.25, 0.3) is 0 Å². The maximum absolute atomic E-state index is 12.2. The summed E-state index contributed by atoms with van der Waals surface area (Å²) in [5.74, 6) is 0.425. The first-order chi connectivity index (χ1) is 12.3. The van der Waals surface area contributed by atoms with Crippen LogP contribution in [0.2, 0.25) is 5.02 Å². The molecule has 0 aliphatic heterocycles. The van der Waals surface area contributed by atoms with Crippen LogP contribution in [0, 0.1) is 13.8 Å². The van der Waals surface area contributed by atoms with E-state index in [0.29, 0.717) is 28.7 Å². The minimum atomic E-state index is -0.411. The van der Waals surface area contributed by atoms with E-state index < -0.39 is 6.03 Å². The summed E-state index contributed by atoms with van der Waals surface area (Å²) in [5, 5.41) is 5.85. The summed E-state index contributed by atoms with van der Waals surface area (Å²) in [4.78, 5) is 28.0. The molecule has 7 nitrogen and oxygen atoms in total. The Bertz CT molecular complexity index is 849. The lowest BCUT2D eigenvalue weighted by Crippen LogP contribution is -2.35. The zero-order valence-electron chi connectivity index (χ0n) is 15.3. The van der Waals surface area contributed by atoms with E-state index in [0.717, 1.165) is 5.69 Å². The molecule has 0 aliphatic rings. The number of carbonyl (C=O) groups excluding carboxylic acids is 1. The number of hydrogen-bond acceptors (Lipinski definition) is 4. The van der Waals surface area contributed by atoms with E-state index in [4.69, 9.17) is 16.3 Å². The average molecular weight is 379 g/mol. The van der Waals surface area contributed by atoms with E-state index in [2.05, 4.69) is 15.6 Å². The van der Waals surface area contributed by atoms with Crippen LogP contribution in [0.15, 0.2) is 29.1 Å². The van der Waals surface area contributed by atoms with E-state index in [9.17, 15) is 9.59 Å². The molecule has 0 unspecified atom stereocenters. The number of benzene rings is 1. The highest BCUT2D eigenvalue weighted by Gasteiger charge is 2.13. The van der Waals surface area contributed by atoms with Crippen molar-refractivity contribution in [3.8, 4) is 5.75 Å². The van der Waals surface area contributed by atoms with Crippen LogP contribution in [0.1, 0.15) is 25.2 Å². The van der Waals surface area contributed by atoms with Gasteiger partial charge in [-0.1, -0.05) is 17.7 Å². The van der Waals surface area contributed by atoms with Crippen LogP contribution < -0.4 is 21.1 Å². The second-order valence-corrected chi connectivity index (χ2v) is 6.54. The molecule has 1 aromatic carbocycles. The van der Waals surface area contributed by atoms with Gasteiger partial charge in [0.15, 0.2) is 5.75 Å². The van der Waals surface area contributed by atoms with Crippen LogP contribution in [0.4, 0.5) is 10.5 Å². The van der Waals surface area contributed by atoms with Gasteiger partial charge in [-0.3, -0.25) is 4.57 Å². The molecule has 2 amide bonds. The third-order valence-electron chi connectivity index (χ3n) is 3.54. The number of nitrogens with zero attached hydrogens (tertiary/aromatic N) is 2. The molecule has 26 heavy (non-hydrogen) atoms. The molecular formula is C18H23ClN4O3. The molecule has 2 N–H and O–H groups in total. The summed E-state index contributed by atoms with van der Waals surface area (Å²) in [7, 11) is 0. The number of carbonyl (C=O) groups is 1. The molecule has 0 radical (unpaired) electrons. The molecule has 2 aromatic rings. The summed E-state index contributed by atoms with van der Waals surface area (Å²) in [6.07, 6.45) is -0.0811. The molecule has 0 atom stereocenters. The Labute approximate surface area is 157 Å². The number of aromatic nitrogens is 2. The number of nitrogens with one attached hydrogen (secondary N) is 2. The summed E-state index contributed by atoms with van der Waals surface area (Å²) in [5.41, 5.74) is 1.63. The number of anilines is 1. The van der Waals surface area contributed by atoms with Crippen LogP contribution in [-0.4, -0.2) is 28.2 Å². The lowest BCUT2D eigenvalue weighted by Gasteiger charge is -2.17. The molecular weight excluding hydrogens is 356 g/mol. The van der Waals surface area contributed by atoms with E-state index in [-0.39, 0.29) is 18.3 Å². The first kappa shape index (κ1) is 19.8. The number of ether oxygens (including phenoxy) is 1. The molecule has 1 aromatic heterocycles. The van der Waals surface area contributed by atoms with Gasteiger partial charge in [-0.05, 0) is 45.9 Å². The van der Waals surface area contributed by atoms with Gasteiger partial charge in [-0.25, -0.2) is 9.59 Å². The van der Waals surface area contributed by atoms with Gasteiger partial charge >= 0.3 is 11.7 Å². The van der Waals surface area contributed by atoms with Gasteiger partial charge in [-0.15, -0.1) is 0 Å². The zero-order chi connectivity index (χ0) is 19.3. The molecule has 2 rings (SSSR count). The van der Waals surface area contributed by atoms with Crippen molar-refractivity contribution in [3.05, 3.63) is 51.2 Å². The molecule has 0 spiro atoms. The molecule has 140 valence electrons. The Balaban J connectivity index is 1.98. The lowest BCUT2D eigenvalue weighted by molar-refractivity contribution is 0.241. The Morgan fingerprint density at radius 2 is 2.08 bits per heavy atom. The van der Waals surface area contributed by atoms with Crippen LogP contribution >= 0.6 is 11.6 Å². The lowest BCUT2D eigenvalue weighted by atomic mass is 10.3. The smallest absolute Gasteiger partial charge is 0.348 e. The van der Waals surface area contributed by atoms with Crippen molar-refractivity contribution in [2.45, 2.75) is 40.3 Å². The number of urea groups is 1. The first-order valence-corrected chi connectivity index (χ1v) is 8.71. The maximum Gasteiger partial charge on any atom is 0.348 e. The van der Waals surface area contributed by atoms with Gasteiger partial charge in [0.05, 0.1) is 16.8 Å². The molecule has 0 bridgehead atoms. The van der Waals surface area contributed by atoms with Crippen molar-refractivity contribution >= 4 is 23.3 Å². The molecule has 0 fully saturated rings. The normalized spacial score (nSPS) is 10.7. The van der Waals surface area contributed by atoms with Crippen molar-refractivity contribution in [2.75, 3.05) is 11.9 Å². The summed E-state index contributed by atoms with van der Waals surface area (Å²) in [6, 6.07) is 6.55. The maximum atomic E-state index is 12.2. The van der Waals surface area contributed by atoms with Gasteiger partial charge in [-0.2, -0.15) is 4.98 Å². The van der Waals surface area contributed by atoms with Gasteiger partial charge in [0.1, 0.15) is 0 Å². The monoisotopic (exact) mass is 378 g/mol.